The van der Waals surface area contributed by atoms with Crippen LogP contribution in [0.25, 0.3) is 0 Å². The van der Waals surface area contributed by atoms with Crippen LogP contribution in [0.4, 0.5) is 0 Å². The quantitative estimate of drug-likeness (QED) is 0.705. The molecule has 0 radical (unpaired) electrons. The Bertz CT molecular complexity index is 966. The van der Waals surface area contributed by atoms with Gasteiger partial charge in [0, 0.05) is 25.2 Å². The number of methoxy groups -OCH3 is 2. The monoisotopic (exact) mass is 422 g/mol. The predicted molar refractivity (Wildman–Crippen MR) is 118 cm³/mol. The maximum absolute atomic E-state index is 13.2. The lowest BCUT2D eigenvalue weighted by atomic mass is 9.97. The zero-order chi connectivity index (χ0) is 22.0. The molecule has 1 saturated heterocycles. The van der Waals surface area contributed by atoms with Gasteiger partial charge in [0.1, 0.15) is 0 Å². The molecule has 31 heavy (non-hydrogen) atoms. The molecule has 0 aromatic heterocycles. The number of hydrogen-bond donors (Lipinski definition) is 0. The van der Waals surface area contributed by atoms with Gasteiger partial charge in [-0.25, -0.2) is 0 Å². The first-order valence-corrected chi connectivity index (χ1v) is 10.9. The first-order chi connectivity index (χ1) is 15.0. The minimum Gasteiger partial charge on any atom is -0.493 e. The van der Waals surface area contributed by atoms with Gasteiger partial charge < -0.3 is 19.3 Å². The summed E-state index contributed by atoms with van der Waals surface area (Å²) in [6.07, 6.45) is 2.31. The molecule has 2 heterocycles. The van der Waals surface area contributed by atoms with Crippen molar-refractivity contribution in [2.24, 2.45) is 5.92 Å². The van der Waals surface area contributed by atoms with Crippen molar-refractivity contribution < 1.29 is 19.1 Å². The van der Waals surface area contributed by atoms with Gasteiger partial charge in [0.25, 0.3) is 5.91 Å². The Kier molecular flexibility index (Phi) is 6.16. The Morgan fingerprint density at radius 3 is 2.45 bits per heavy atom. The minimum atomic E-state index is -0.369. The van der Waals surface area contributed by atoms with Crippen molar-refractivity contribution >= 4 is 11.8 Å². The molecule has 2 aromatic rings. The van der Waals surface area contributed by atoms with E-state index < -0.39 is 0 Å². The van der Waals surface area contributed by atoms with Crippen LogP contribution < -0.4 is 9.47 Å². The van der Waals surface area contributed by atoms with E-state index in [9.17, 15) is 9.59 Å². The lowest BCUT2D eigenvalue weighted by molar-refractivity contribution is -0.133. The first-order valence-electron chi connectivity index (χ1n) is 10.9. The van der Waals surface area contributed by atoms with Crippen LogP contribution >= 0.6 is 0 Å². The number of likely N-dealkylation sites (tertiary alicyclic amines) is 1. The number of amides is 2. The molecule has 2 aliphatic heterocycles. The topological polar surface area (TPSA) is 59.1 Å². The fourth-order valence-corrected chi connectivity index (χ4v) is 4.55. The molecule has 2 aromatic carbocycles. The van der Waals surface area contributed by atoms with E-state index in [0.29, 0.717) is 29.5 Å². The SMILES string of the molecule is COc1ccc([C@H](CC(=O)N2CCC(C)CC2)N2Cc3ccccc3C2=O)cc1OC. The van der Waals surface area contributed by atoms with E-state index in [1.54, 1.807) is 14.2 Å². The number of ether oxygens (including phenoxy) is 2. The smallest absolute Gasteiger partial charge is 0.255 e. The first kappa shape index (κ1) is 21.2. The van der Waals surface area contributed by atoms with Crippen LogP contribution in [0.5, 0.6) is 11.5 Å². The summed E-state index contributed by atoms with van der Waals surface area (Å²) in [6, 6.07) is 12.9. The van der Waals surface area contributed by atoms with Gasteiger partial charge in [-0.3, -0.25) is 9.59 Å². The zero-order valence-corrected chi connectivity index (χ0v) is 18.5. The third-order valence-electron chi connectivity index (χ3n) is 6.52. The summed E-state index contributed by atoms with van der Waals surface area (Å²) in [4.78, 5) is 30.2. The summed E-state index contributed by atoms with van der Waals surface area (Å²) in [7, 11) is 3.18. The Labute approximate surface area is 183 Å². The number of piperidine rings is 1. The van der Waals surface area contributed by atoms with Gasteiger partial charge in [0.05, 0.1) is 26.7 Å². The molecule has 0 saturated carbocycles. The van der Waals surface area contributed by atoms with Gasteiger partial charge in [-0.05, 0) is 48.1 Å². The standard InChI is InChI=1S/C25H30N2O4/c1-17-10-12-26(13-11-17)24(28)15-21(18-8-9-22(30-2)23(14-18)31-3)27-16-19-6-4-5-7-20(19)25(27)29/h4-9,14,17,21H,10-13,15-16H2,1-3H3/t21-/m0/s1. The van der Waals surface area contributed by atoms with Crippen molar-refractivity contribution in [1.29, 1.82) is 0 Å². The fraction of sp³-hybridized carbons (Fsp3) is 0.440. The molecule has 1 fully saturated rings. The molecule has 0 bridgehead atoms. The maximum atomic E-state index is 13.2. The lowest BCUT2D eigenvalue weighted by Crippen LogP contribution is -2.40. The molecular weight excluding hydrogens is 392 g/mol. The van der Waals surface area contributed by atoms with E-state index in [4.69, 9.17) is 9.47 Å². The molecule has 0 N–H and O–H groups in total. The molecule has 0 unspecified atom stereocenters. The Morgan fingerprint density at radius 1 is 1.06 bits per heavy atom. The van der Waals surface area contributed by atoms with Gasteiger partial charge in [-0.1, -0.05) is 31.2 Å². The van der Waals surface area contributed by atoms with Crippen LogP contribution in [0.3, 0.4) is 0 Å². The molecule has 2 aliphatic rings. The van der Waals surface area contributed by atoms with Gasteiger partial charge in [-0.2, -0.15) is 0 Å². The van der Waals surface area contributed by atoms with Crippen molar-refractivity contribution in [2.45, 2.75) is 38.8 Å². The minimum absolute atomic E-state index is 0.0320. The van der Waals surface area contributed by atoms with E-state index in [2.05, 4.69) is 6.92 Å². The number of nitrogens with zero attached hydrogens (tertiary/aromatic N) is 2. The largest absolute Gasteiger partial charge is 0.493 e. The normalized spacial score (nSPS) is 17.5. The van der Waals surface area contributed by atoms with Crippen LogP contribution in [0, 0.1) is 5.92 Å². The Balaban J connectivity index is 1.65. The third kappa shape index (κ3) is 4.24. The summed E-state index contributed by atoms with van der Waals surface area (Å²) < 4.78 is 10.9. The second-order valence-electron chi connectivity index (χ2n) is 8.49. The summed E-state index contributed by atoms with van der Waals surface area (Å²) >= 11 is 0. The summed E-state index contributed by atoms with van der Waals surface area (Å²) in [5, 5.41) is 0. The van der Waals surface area contributed by atoms with Crippen LogP contribution in [-0.2, 0) is 11.3 Å². The molecule has 2 amide bonds. The second-order valence-corrected chi connectivity index (χ2v) is 8.49. The van der Waals surface area contributed by atoms with E-state index in [0.717, 1.165) is 37.1 Å². The van der Waals surface area contributed by atoms with E-state index in [-0.39, 0.29) is 24.3 Å². The van der Waals surface area contributed by atoms with E-state index in [1.165, 1.54) is 0 Å². The molecule has 1 atom stereocenters. The second kappa shape index (κ2) is 9.00. The molecule has 4 rings (SSSR count). The van der Waals surface area contributed by atoms with Crippen molar-refractivity contribution in [1.82, 2.24) is 9.80 Å². The number of fused-ring (bicyclic) bond motifs is 1. The fourth-order valence-electron chi connectivity index (χ4n) is 4.55. The van der Waals surface area contributed by atoms with E-state index in [1.807, 2.05) is 52.3 Å². The number of hydrogen-bond acceptors (Lipinski definition) is 4. The third-order valence-corrected chi connectivity index (χ3v) is 6.52. The molecule has 6 nitrogen and oxygen atoms in total. The highest BCUT2D eigenvalue weighted by molar-refractivity contribution is 5.98. The molecule has 0 aliphatic carbocycles. The molecule has 6 heteroatoms. The van der Waals surface area contributed by atoms with Crippen LogP contribution in [0.15, 0.2) is 42.5 Å². The highest BCUT2D eigenvalue weighted by atomic mass is 16.5. The van der Waals surface area contributed by atoms with Crippen molar-refractivity contribution in [3.8, 4) is 11.5 Å². The highest BCUT2D eigenvalue weighted by Gasteiger charge is 2.36. The zero-order valence-electron chi connectivity index (χ0n) is 18.5. The van der Waals surface area contributed by atoms with Gasteiger partial charge in [0.15, 0.2) is 11.5 Å². The summed E-state index contributed by atoms with van der Waals surface area (Å²) in [6.45, 7) is 4.30. The molecular formula is C25H30N2O4. The van der Waals surface area contributed by atoms with Gasteiger partial charge in [-0.15, -0.1) is 0 Å². The van der Waals surface area contributed by atoms with Crippen LogP contribution in [0.1, 0.15) is 53.7 Å². The average Bonchev–Trinajstić information content (AvgIpc) is 3.13. The van der Waals surface area contributed by atoms with Gasteiger partial charge >= 0.3 is 0 Å². The Morgan fingerprint density at radius 2 is 1.77 bits per heavy atom. The van der Waals surface area contributed by atoms with Crippen molar-refractivity contribution in [3.05, 3.63) is 59.2 Å². The number of benzene rings is 2. The number of carbonyl (C=O) groups is 2. The van der Waals surface area contributed by atoms with Gasteiger partial charge in [0.2, 0.25) is 5.91 Å². The lowest BCUT2D eigenvalue weighted by Gasteiger charge is -2.34. The molecule has 164 valence electrons. The highest BCUT2D eigenvalue weighted by Crippen LogP contribution is 2.37. The van der Waals surface area contributed by atoms with Crippen molar-refractivity contribution in [2.75, 3.05) is 27.3 Å². The molecule has 0 spiro atoms. The number of rotatable bonds is 6. The summed E-state index contributed by atoms with van der Waals surface area (Å²) in [5.41, 5.74) is 2.59. The predicted octanol–water partition coefficient (Wildman–Crippen LogP) is 4.05. The average molecular weight is 423 g/mol. The maximum Gasteiger partial charge on any atom is 0.255 e. The van der Waals surface area contributed by atoms with E-state index >= 15 is 0 Å². The van der Waals surface area contributed by atoms with Crippen LogP contribution in [0.2, 0.25) is 0 Å². The Hall–Kier alpha value is -3.02. The van der Waals surface area contributed by atoms with Crippen LogP contribution in [-0.4, -0.2) is 48.9 Å². The van der Waals surface area contributed by atoms with Crippen molar-refractivity contribution in [3.63, 3.8) is 0 Å². The number of carbonyl (C=O) groups excluding carboxylic acids is 2. The summed E-state index contributed by atoms with van der Waals surface area (Å²) in [5.74, 6) is 1.93.